The number of hydrogen-bond acceptors (Lipinski definition) is 6. The Morgan fingerprint density at radius 1 is 1.06 bits per heavy atom. The first-order valence-electron chi connectivity index (χ1n) is 10.7. The van der Waals surface area contributed by atoms with E-state index in [4.69, 9.17) is 0 Å². The van der Waals surface area contributed by atoms with Crippen molar-refractivity contribution in [2.75, 3.05) is 36.8 Å². The lowest BCUT2D eigenvalue weighted by molar-refractivity contribution is -0.128. The Balaban J connectivity index is 1.23. The number of nitrogens with zero attached hydrogens (tertiary/aromatic N) is 3. The maximum Gasteiger partial charge on any atom is 0.260 e. The van der Waals surface area contributed by atoms with Crippen molar-refractivity contribution in [3.05, 3.63) is 75.9 Å². The van der Waals surface area contributed by atoms with Crippen molar-refractivity contribution in [1.82, 2.24) is 14.9 Å². The number of fused-ring (bicyclic) bond motifs is 1. The van der Waals surface area contributed by atoms with Crippen molar-refractivity contribution < 1.29 is 13.6 Å². The molecule has 2 aromatic carbocycles. The first-order valence-corrected chi connectivity index (χ1v) is 12.5. The van der Waals surface area contributed by atoms with Gasteiger partial charge in [-0.1, -0.05) is 36.0 Å². The molecule has 0 unspecified atom stereocenters. The number of nitrogens with one attached hydrogen (secondary N) is 1. The van der Waals surface area contributed by atoms with Gasteiger partial charge in [0.1, 0.15) is 16.5 Å². The lowest BCUT2D eigenvalue weighted by atomic mass is 10.1. The third-order valence-electron chi connectivity index (χ3n) is 5.74. The van der Waals surface area contributed by atoms with E-state index >= 15 is 0 Å². The number of anilines is 1. The van der Waals surface area contributed by atoms with E-state index in [2.05, 4.69) is 9.97 Å². The summed E-state index contributed by atoms with van der Waals surface area (Å²) in [5.41, 5.74) is 1.70. The second kappa shape index (κ2) is 9.55. The lowest BCUT2D eigenvalue weighted by Gasteiger charge is -2.36. The largest absolute Gasteiger partial charge is 0.366 e. The van der Waals surface area contributed by atoms with E-state index in [0.717, 1.165) is 5.56 Å². The molecule has 174 valence electrons. The molecule has 1 amide bonds. The highest BCUT2D eigenvalue weighted by Gasteiger charge is 2.23. The summed E-state index contributed by atoms with van der Waals surface area (Å²) in [6.07, 6.45) is 0. The number of carbonyl (C=O) groups excluding carboxylic acids is 1. The van der Waals surface area contributed by atoms with Gasteiger partial charge in [-0.15, -0.1) is 11.3 Å². The van der Waals surface area contributed by atoms with Gasteiger partial charge in [0.05, 0.1) is 16.8 Å². The fraction of sp³-hybridized carbons (Fsp3) is 0.208. The van der Waals surface area contributed by atoms with Crippen LogP contribution in [0.1, 0.15) is 0 Å². The number of aromatic nitrogens is 2. The number of hydrogen-bond donors (Lipinski definition) is 1. The Morgan fingerprint density at radius 3 is 2.53 bits per heavy atom. The molecular weight excluding hydrogens is 478 g/mol. The van der Waals surface area contributed by atoms with Crippen LogP contribution in [0.4, 0.5) is 14.5 Å². The van der Waals surface area contributed by atoms with E-state index in [1.165, 1.54) is 41.3 Å². The van der Waals surface area contributed by atoms with Gasteiger partial charge in [-0.05, 0) is 29.8 Å². The number of halogens is 2. The molecule has 4 aromatic rings. The number of benzene rings is 2. The number of piperazine rings is 1. The smallest absolute Gasteiger partial charge is 0.260 e. The van der Waals surface area contributed by atoms with Crippen molar-refractivity contribution >= 4 is 44.9 Å². The number of thioether (sulfide) groups is 1. The van der Waals surface area contributed by atoms with E-state index in [1.54, 1.807) is 35.2 Å². The zero-order valence-corrected chi connectivity index (χ0v) is 19.6. The van der Waals surface area contributed by atoms with Crippen LogP contribution in [-0.4, -0.2) is 52.7 Å². The topological polar surface area (TPSA) is 69.3 Å². The van der Waals surface area contributed by atoms with E-state index in [9.17, 15) is 18.4 Å². The molecule has 0 saturated carbocycles. The molecule has 0 atom stereocenters. The van der Waals surface area contributed by atoms with Gasteiger partial charge in [0.15, 0.2) is 5.16 Å². The van der Waals surface area contributed by atoms with Crippen LogP contribution in [0.5, 0.6) is 0 Å². The summed E-state index contributed by atoms with van der Waals surface area (Å²) < 4.78 is 27.3. The van der Waals surface area contributed by atoms with E-state index in [0.29, 0.717) is 52.8 Å². The summed E-state index contributed by atoms with van der Waals surface area (Å²) >= 11 is 2.52. The standard InChI is InChI=1S/C24H20F2N4O2S2/c25-16-7-5-15(6-8-16)17-13-33-23-21(17)22(32)27-24(28-23)34-14-20(31)30-11-9-29(10-12-30)19-4-2-1-3-18(19)26/h1-8,13H,9-12,14H2,(H,27,28,32). The molecule has 0 aliphatic carbocycles. The Morgan fingerprint density at radius 2 is 1.79 bits per heavy atom. The molecule has 0 bridgehead atoms. The SMILES string of the molecule is O=C(CSc1nc2scc(-c3ccc(F)cc3)c2c(=O)[nH]1)N1CCN(c2ccccc2F)CC1. The maximum absolute atomic E-state index is 14.0. The van der Waals surface area contributed by atoms with Gasteiger partial charge < -0.3 is 14.8 Å². The van der Waals surface area contributed by atoms with Crippen molar-refractivity contribution in [2.24, 2.45) is 0 Å². The highest BCUT2D eigenvalue weighted by molar-refractivity contribution is 7.99. The van der Waals surface area contributed by atoms with Crippen molar-refractivity contribution in [1.29, 1.82) is 0 Å². The maximum atomic E-state index is 14.0. The molecule has 5 rings (SSSR count). The average Bonchev–Trinajstić information content (AvgIpc) is 3.28. The van der Waals surface area contributed by atoms with Crippen molar-refractivity contribution in [3.63, 3.8) is 0 Å². The second-order valence-electron chi connectivity index (χ2n) is 7.82. The number of carbonyl (C=O) groups is 1. The molecule has 1 aliphatic heterocycles. The van der Waals surface area contributed by atoms with Gasteiger partial charge in [-0.3, -0.25) is 9.59 Å². The molecule has 1 N–H and O–H groups in total. The lowest BCUT2D eigenvalue weighted by Crippen LogP contribution is -2.49. The van der Waals surface area contributed by atoms with Crippen LogP contribution in [-0.2, 0) is 4.79 Å². The molecule has 2 aromatic heterocycles. The predicted molar refractivity (Wildman–Crippen MR) is 132 cm³/mol. The number of aromatic amines is 1. The van der Waals surface area contributed by atoms with Crippen molar-refractivity contribution in [3.8, 4) is 11.1 Å². The molecular formula is C24H20F2N4O2S2. The molecule has 6 nitrogen and oxygen atoms in total. The molecule has 34 heavy (non-hydrogen) atoms. The summed E-state index contributed by atoms with van der Waals surface area (Å²) in [6.45, 7) is 2.12. The van der Waals surface area contributed by atoms with Crippen LogP contribution < -0.4 is 10.5 Å². The van der Waals surface area contributed by atoms with Crippen LogP contribution in [0.3, 0.4) is 0 Å². The van der Waals surface area contributed by atoms with Gasteiger partial charge in [0.25, 0.3) is 5.56 Å². The Hall–Kier alpha value is -3.24. The highest BCUT2D eigenvalue weighted by atomic mass is 32.2. The fourth-order valence-electron chi connectivity index (χ4n) is 3.97. The predicted octanol–water partition coefficient (Wildman–Crippen LogP) is 4.37. The normalized spacial score (nSPS) is 14.1. The molecule has 3 heterocycles. The number of H-pyrrole nitrogens is 1. The number of amides is 1. The summed E-state index contributed by atoms with van der Waals surface area (Å²) in [7, 11) is 0. The average molecular weight is 499 g/mol. The quantitative estimate of drug-likeness (QED) is 0.327. The summed E-state index contributed by atoms with van der Waals surface area (Å²) in [5, 5.41) is 2.66. The number of thiophene rings is 1. The van der Waals surface area contributed by atoms with Crippen LogP contribution in [0, 0.1) is 11.6 Å². The monoisotopic (exact) mass is 498 g/mol. The highest BCUT2D eigenvalue weighted by Crippen LogP contribution is 2.31. The summed E-state index contributed by atoms with van der Waals surface area (Å²) in [4.78, 5) is 37.0. The molecule has 10 heteroatoms. The summed E-state index contributed by atoms with van der Waals surface area (Å²) in [6, 6.07) is 12.6. The van der Waals surface area contributed by atoms with Crippen LogP contribution >= 0.6 is 23.1 Å². The number of para-hydroxylation sites is 1. The van der Waals surface area contributed by atoms with Gasteiger partial charge in [-0.25, -0.2) is 13.8 Å². The van der Waals surface area contributed by atoms with Crippen LogP contribution in [0.15, 0.2) is 63.9 Å². The Bertz CT molecular complexity index is 1400. The second-order valence-corrected chi connectivity index (χ2v) is 9.64. The van der Waals surface area contributed by atoms with Crippen molar-refractivity contribution in [2.45, 2.75) is 5.16 Å². The minimum absolute atomic E-state index is 0.0564. The van der Waals surface area contributed by atoms with E-state index in [-0.39, 0.29) is 28.9 Å². The van der Waals surface area contributed by atoms with E-state index < -0.39 is 0 Å². The minimum atomic E-state index is -0.340. The van der Waals surface area contributed by atoms with E-state index in [1.807, 2.05) is 10.3 Å². The van der Waals surface area contributed by atoms with Gasteiger partial charge >= 0.3 is 0 Å². The van der Waals surface area contributed by atoms with Gasteiger partial charge in [0, 0.05) is 37.1 Å². The molecule has 1 aliphatic rings. The van der Waals surface area contributed by atoms with Crippen LogP contribution in [0.25, 0.3) is 21.3 Å². The fourth-order valence-corrected chi connectivity index (χ4v) is 5.73. The summed E-state index contributed by atoms with van der Waals surface area (Å²) in [5.74, 6) is -0.518. The number of rotatable bonds is 5. The first-order chi connectivity index (χ1) is 16.5. The van der Waals surface area contributed by atoms with Gasteiger partial charge in [0.2, 0.25) is 5.91 Å². The first kappa shape index (κ1) is 22.5. The molecule has 1 fully saturated rings. The molecule has 1 saturated heterocycles. The minimum Gasteiger partial charge on any atom is -0.366 e. The zero-order valence-electron chi connectivity index (χ0n) is 18.0. The Labute approximate surface area is 202 Å². The molecule has 0 radical (unpaired) electrons. The van der Waals surface area contributed by atoms with Gasteiger partial charge in [-0.2, -0.15) is 0 Å². The van der Waals surface area contributed by atoms with Crippen LogP contribution in [0.2, 0.25) is 0 Å². The zero-order chi connectivity index (χ0) is 23.7. The Kier molecular flexibility index (Phi) is 6.34. The third-order valence-corrected chi connectivity index (χ3v) is 7.47. The molecule has 0 spiro atoms. The third kappa shape index (κ3) is 4.55.